The minimum absolute atomic E-state index is 0.149. The van der Waals surface area contributed by atoms with E-state index in [1.54, 1.807) is 24.3 Å². The van der Waals surface area contributed by atoms with Crippen molar-refractivity contribution >= 4 is 5.97 Å². The molecule has 0 saturated heterocycles. The first-order valence-corrected chi connectivity index (χ1v) is 6.66. The van der Waals surface area contributed by atoms with E-state index in [0.717, 1.165) is 5.56 Å². The first-order chi connectivity index (χ1) is 9.43. The fraction of sp³-hybridized carbons (Fsp3) is 0.533. The maximum Gasteiger partial charge on any atom is 0.309 e. The van der Waals surface area contributed by atoms with Gasteiger partial charge in [0.05, 0.1) is 13.5 Å². The lowest BCUT2D eigenvalue weighted by Gasteiger charge is -2.22. The van der Waals surface area contributed by atoms with Crippen LogP contribution in [0.2, 0.25) is 0 Å². The Hall–Kier alpha value is -1.59. The first kappa shape index (κ1) is 16.5. The predicted molar refractivity (Wildman–Crippen MR) is 76.5 cm³/mol. The quantitative estimate of drug-likeness (QED) is 0.732. The highest BCUT2D eigenvalue weighted by Crippen LogP contribution is 2.14. The minimum atomic E-state index is -0.704. The van der Waals surface area contributed by atoms with Crippen LogP contribution in [0.3, 0.4) is 0 Å². The average molecular weight is 281 g/mol. The number of rotatable bonds is 7. The molecule has 5 nitrogen and oxygen atoms in total. The molecule has 0 saturated carbocycles. The summed E-state index contributed by atoms with van der Waals surface area (Å²) in [5, 5.41) is 9.84. The lowest BCUT2D eigenvalue weighted by atomic mass is 10.0. The molecule has 0 amide bonds. The van der Waals surface area contributed by atoms with Crippen LogP contribution in [0.5, 0.6) is 5.75 Å². The number of nitrogens with two attached hydrogens (primary N) is 1. The third kappa shape index (κ3) is 5.19. The maximum absolute atomic E-state index is 11.1. The molecule has 5 heteroatoms. The van der Waals surface area contributed by atoms with Gasteiger partial charge in [0.25, 0.3) is 0 Å². The van der Waals surface area contributed by atoms with Crippen LogP contribution in [0.25, 0.3) is 0 Å². The summed E-state index contributed by atoms with van der Waals surface area (Å²) in [4.78, 5) is 11.1. The van der Waals surface area contributed by atoms with Crippen molar-refractivity contribution in [1.29, 1.82) is 0 Å². The van der Waals surface area contributed by atoms with E-state index in [1.165, 1.54) is 7.11 Å². The van der Waals surface area contributed by atoms with E-state index >= 15 is 0 Å². The summed E-state index contributed by atoms with van der Waals surface area (Å²) in [5.41, 5.74) is 6.69. The molecule has 2 unspecified atom stereocenters. The Balaban J connectivity index is 2.47. The van der Waals surface area contributed by atoms with E-state index in [-0.39, 0.29) is 31.0 Å². The monoisotopic (exact) mass is 281 g/mol. The van der Waals surface area contributed by atoms with E-state index < -0.39 is 6.10 Å². The molecule has 0 aromatic heterocycles. The Bertz CT molecular complexity index is 416. The first-order valence-electron chi connectivity index (χ1n) is 6.66. The topological polar surface area (TPSA) is 81.8 Å². The molecule has 3 N–H and O–H groups in total. The summed E-state index contributed by atoms with van der Waals surface area (Å²) < 4.78 is 10.1. The maximum atomic E-state index is 11.1. The molecule has 1 aromatic carbocycles. The number of esters is 1. The van der Waals surface area contributed by atoms with Gasteiger partial charge >= 0.3 is 5.97 Å². The zero-order chi connectivity index (χ0) is 15.1. The van der Waals surface area contributed by atoms with Crippen LogP contribution in [0, 0.1) is 5.92 Å². The highest BCUT2D eigenvalue weighted by atomic mass is 16.5. The molecule has 0 spiro atoms. The molecule has 0 aliphatic carbocycles. The summed E-state index contributed by atoms with van der Waals surface area (Å²) in [6, 6.07) is 6.79. The van der Waals surface area contributed by atoms with Gasteiger partial charge in [-0.3, -0.25) is 4.79 Å². The molecule has 112 valence electrons. The van der Waals surface area contributed by atoms with E-state index in [0.29, 0.717) is 5.75 Å². The van der Waals surface area contributed by atoms with E-state index in [1.807, 2.05) is 13.8 Å². The molecular weight excluding hydrogens is 258 g/mol. The smallest absolute Gasteiger partial charge is 0.309 e. The molecule has 0 aliphatic rings. The van der Waals surface area contributed by atoms with Crippen LogP contribution in [0.15, 0.2) is 24.3 Å². The van der Waals surface area contributed by atoms with E-state index in [2.05, 4.69) is 4.74 Å². The number of aliphatic hydroxyl groups excluding tert-OH is 1. The second-order valence-electron chi connectivity index (χ2n) is 5.10. The largest absolute Gasteiger partial charge is 0.491 e. The summed E-state index contributed by atoms with van der Waals surface area (Å²) in [7, 11) is 1.36. The number of hydrogen-bond acceptors (Lipinski definition) is 5. The summed E-state index contributed by atoms with van der Waals surface area (Å²) >= 11 is 0. The average Bonchev–Trinajstić information content (AvgIpc) is 2.45. The Morgan fingerprint density at radius 3 is 2.40 bits per heavy atom. The Morgan fingerprint density at radius 2 is 1.90 bits per heavy atom. The summed E-state index contributed by atoms with van der Waals surface area (Å²) in [5.74, 6) is 0.543. The van der Waals surface area contributed by atoms with Crippen molar-refractivity contribution in [3.8, 4) is 5.75 Å². The summed E-state index contributed by atoms with van der Waals surface area (Å²) in [6.45, 7) is 4.06. The van der Waals surface area contributed by atoms with E-state index in [4.69, 9.17) is 10.5 Å². The van der Waals surface area contributed by atoms with Crippen LogP contribution in [0.4, 0.5) is 0 Å². The normalized spacial score (nSPS) is 13.9. The van der Waals surface area contributed by atoms with Crippen molar-refractivity contribution in [3.05, 3.63) is 29.8 Å². The second-order valence-corrected chi connectivity index (χ2v) is 5.10. The van der Waals surface area contributed by atoms with Gasteiger partial charge in [0.2, 0.25) is 0 Å². The van der Waals surface area contributed by atoms with Crippen molar-refractivity contribution in [2.24, 2.45) is 11.7 Å². The van der Waals surface area contributed by atoms with Gasteiger partial charge in [-0.15, -0.1) is 0 Å². The van der Waals surface area contributed by atoms with Crippen LogP contribution in [-0.4, -0.2) is 36.9 Å². The molecular formula is C15H23NO4. The highest BCUT2D eigenvalue weighted by molar-refractivity contribution is 5.72. The number of carbonyl (C=O) groups excluding carboxylic acids is 1. The SMILES string of the molecule is COC(=O)Cc1ccc(OCC(O)C(N)C(C)C)cc1. The molecule has 0 radical (unpaired) electrons. The van der Waals surface area contributed by atoms with Crippen LogP contribution >= 0.6 is 0 Å². The predicted octanol–water partition coefficient (Wildman–Crippen LogP) is 1.13. The lowest BCUT2D eigenvalue weighted by Crippen LogP contribution is -2.42. The zero-order valence-corrected chi connectivity index (χ0v) is 12.2. The second kappa shape index (κ2) is 7.87. The minimum Gasteiger partial charge on any atom is -0.491 e. The molecule has 20 heavy (non-hydrogen) atoms. The van der Waals surface area contributed by atoms with Crippen molar-refractivity contribution in [3.63, 3.8) is 0 Å². The van der Waals surface area contributed by atoms with Crippen molar-refractivity contribution in [2.45, 2.75) is 32.4 Å². The molecule has 2 atom stereocenters. The highest BCUT2D eigenvalue weighted by Gasteiger charge is 2.18. The fourth-order valence-corrected chi connectivity index (χ4v) is 1.68. The van der Waals surface area contributed by atoms with Gasteiger partial charge in [-0.25, -0.2) is 0 Å². The van der Waals surface area contributed by atoms with Crippen LogP contribution in [-0.2, 0) is 16.0 Å². The number of carbonyl (C=O) groups is 1. The van der Waals surface area contributed by atoms with E-state index in [9.17, 15) is 9.90 Å². The molecule has 0 fully saturated rings. The number of benzene rings is 1. The van der Waals surface area contributed by atoms with Gasteiger partial charge in [0.1, 0.15) is 18.5 Å². The van der Waals surface area contributed by atoms with Crippen molar-refractivity contribution in [1.82, 2.24) is 0 Å². The number of ether oxygens (including phenoxy) is 2. The van der Waals surface area contributed by atoms with Crippen LogP contribution < -0.4 is 10.5 Å². The van der Waals surface area contributed by atoms with Gasteiger partial charge in [0.15, 0.2) is 0 Å². The molecule has 0 aliphatic heterocycles. The Morgan fingerprint density at radius 1 is 1.30 bits per heavy atom. The third-order valence-electron chi connectivity index (χ3n) is 3.13. The number of methoxy groups -OCH3 is 1. The Labute approximate surface area is 119 Å². The molecule has 1 aromatic rings. The van der Waals surface area contributed by atoms with Crippen molar-refractivity contribution < 1.29 is 19.4 Å². The summed E-state index contributed by atoms with van der Waals surface area (Å²) in [6.07, 6.45) is -0.470. The Kier molecular flexibility index (Phi) is 6.48. The van der Waals surface area contributed by atoms with Gasteiger partial charge < -0.3 is 20.3 Å². The molecule has 0 heterocycles. The van der Waals surface area contributed by atoms with Gasteiger partial charge in [0, 0.05) is 6.04 Å². The molecule has 1 rings (SSSR count). The lowest BCUT2D eigenvalue weighted by molar-refractivity contribution is -0.139. The zero-order valence-electron chi connectivity index (χ0n) is 12.2. The standard InChI is InChI=1S/C15H23NO4/c1-10(2)15(16)13(17)9-20-12-6-4-11(5-7-12)8-14(18)19-3/h4-7,10,13,15,17H,8-9,16H2,1-3H3. The van der Waals surface area contributed by atoms with Gasteiger partial charge in [-0.1, -0.05) is 26.0 Å². The van der Waals surface area contributed by atoms with Crippen LogP contribution in [0.1, 0.15) is 19.4 Å². The number of hydrogen-bond donors (Lipinski definition) is 2. The van der Waals surface area contributed by atoms with Gasteiger partial charge in [-0.05, 0) is 23.6 Å². The fourth-order valence-electron chi connectivity index (χ4n) is 1.68. The number of aliphatic hydroxyl groups is 1. The molecule has 0 bridgehead atoms. The van der Waals surface area contributed by atoms with Crippen molar-refractivity contribution in [2.75, 3.05) is 13.7 Å². The van der Waals surface area contributed by atoms with Gasteiger partial charge in [-0.2, -0.15) is 0 Å². The third-order valence-corrected chi connectivity index (χ3v) is 3.13.